The summed E-state index contributed by atoms with van der Waals surface area (Å²) in [6, 6.07) is 8.09. The zero-order chi connectivity index (χ0) is 14.5. The molecule has 0 fully saturated rings. The van der Waals surface area contributed by atoms with Gasteiger partial charge in [-0.1, -0.05) is 0 Å². The van der Waals surface area contributed by atoms with Gasteiger partial charge in [0.05, 0.1) is 0 Å². The molecule has 0 aliphatic carbocycles. The van der Waals surface area contributed by atoms with Gasteiger partial charge in [-0.3, -0.25) is 0 Å². The zero-order valence-corrected chi connectivity index (χ0v) is 11.6. The summed E-state index contributed by atoms with van der Waals surface area (Å²) in [7, 11) is 0. The maximum absolute atomic E-state index is 13.0. The van der Waals surface area contributed by atoms with Crippen LogP contribution in [0.1, 0.15) is 15.3 Å². The van der Waals surface area contributed by atoms with Crippen LogP contribution in [0, 0.1) is 12.7 Å². The highest BCUT2D eigenvalue weighted by molar-refractivity contribution is 7.12. The van der Waals surface area contributed by atoms with Crippen molar-refractivity contribution in [1.29, 1.82) is 0 Å². The second kappa shape index (κ2) is 6.34. The molecule has 2 aromatic rings. The van der Waals surface area contributed by atoms with Crippen LogP contribution in [0.15, 0.2) is 36.4 Å². The van der Waals surface area contributed by atoms with E-state index in [-0.39, 0.29) is 5.82 Å². The highest BCUT2D eigenvalue weighted by Crippen LogP contribution is 2.23. The van der Waals surface area contributed by atoms with E-state index in [0.717, 1.165) is 21.4 Å². The molecule has 1 heterocycles. The van der Waals surface area contributed by atoms with Crippen molar-refractivity contribution in [3.05, 3.63) is 57.5 Å². The van der Waals surface area contributed by atoms with Gasteiger partial charge in [0.1, 0.15) is 18.2 Å². The average molecular weight is 292 g/mol. The van der Waals surface area contributed by atoms with E-state index < -0.39 is 5.97 Å². The summed E-state index contributed by atoms with van der Waals surface area (Å²) in [6.45, 7) is 2.16. The minimum absolute atomic E-state index is 0.285. The summed E-state index contributed by atoms with van der Waals surface area (Å²) >= 11 is 1.45. The Balaban J connectivity index is 1.99. The van der Waals surface area contributed by atoms with Crippen molar-refractivity contribution in [3.63, 3.8) is 0 Å². The van der Waals surface area contributed by atoms with Gasteiger partial charge in [0, 0.05) is 15.8 Å². The molecule has 0 aliphatic rings. The maximum atomic E-state index is 13.0. The molecule has 1 N–H and O–H groups in total. The van der Waals surface area contributed by atoms with Crippen molar-refractivity contribution in [2.75, 3.05) is 0 Å². The van der Waals surface area contributed by atoms with Gasteiger partial charge in [0.15, 0.2) is 0 Å². The second-order valence-corrected chi connectivity index (χ2v) is 5.37. The molecule has 104 valence electrons. The van der Waals surface area contributed by atoms with Crippen molar-refractivity contribution in [2.45, 2.75) is 13.5 Å². The van der Waals surface area contributed by atoms with Crippen molar-refractivity contribution in [2.24, 2.45) is 0 Å². The predicted octanol–water partition coefficient (Wildman–Crippen LogP) is 3.87. The number of hydrogen-bond acceptors (Lipinski definition) is 3. The smallest absolute Gasteiger partial charge is 0.328 e. The Kier molecular flexibility index (Phi) is 4.53. The zero-order valence-electron chi connectivity index (χ0n) is 10.8. The molecule has 1 aromatic carbocycles. The first-order valence-electron chi connectivity index (χ1n) is 5.93. The lowest BCUT2D eigenvalue weighted by Gasteiger charge is -2.07. The third kappa shape index (κ3) is 3.93. The van der Waals surface area contributed by atoms with Gasteiger partial charge < -0.3 is 9.84 Å². The molecule has 0 unspecified atom stereocenters. The lowest BCUT2D eigenvalue weighted by Crippen LogP contribution is -1.95. The Labute approximate surface area is 119 Å². The van der Waals surface area contributed by atoms with Crippen molar-refractivity contribution >= 4 is 23.4 Å². The largest absolute Gasteiger partial charge is 0.488 e. The highest BCUT2D eigenvalue weighted by Gasteiger charge is 2.03. The fourth-order valence-electron chi connectivity index (χ4n) is 1.64. The van der Waals surface area contributed by atoms with Gasteiger partial charge in [-0.05, 0) is 48.9 Å². The second-order valence-electron chi connectivity index (χ2n) is 4.17. The van der Waals surface area contributed by atoms with Gasteiger partial charge in [-0.2, -0.15) is 0 Å². The Bertz CT molecular complexity index is 646. The van der Waals surface area contributed by atoms with E-state index in [2.05, 4.69) is 0 Å². The van der Waals surface area contributed by atoms with E-state index >= 15 is 0 Å². The Morgan fingerprint density at radius 2 is 2.20 bits per heavy atom. The molecule has 0 aliphatic heterocycles. The minimum Gasteiger partial charge on any atom is -0.488 e. The van der Waals surface area contributed by atoms with Crippen LogP contribution in [0.25, 0.3) is 6.08 Å². The first-order chi connectivity index (χ1) is 9.54. The number of aliphatic carboxylic acids is 1. The summed E-state index contributed by atoms with van der Waals surface area (Å²) < 4.78 is 18.6. The number of ether oxygens (including phenoxy) is 1. The molecule has 0 spiro atoms. The molecule has 0 saturated heterocycles. The number of aryl methyl sites for hydroxylation is 1. The molecule has 20 heavy (non-hydrogen) atoms. The number of thiophene rings is 1. The van der Waals surface area contributed by atoms with Crippen LogP contribution >= 0.6 is 11.3 Å². The van der Waals surface area contributed by atoms with E-state index in [0.29, 0.717) is 12.4 Å². The average Bonchev–Trinajstić information content (AvgIpc) is 2.83. The first kappa shape index (κ1) is 14.3. The molecule has 0 saturated carbocycles. The number of halogens is 1. The number of carboxylic acids is 1. The summed E-state index contributed by atoms with van der Waals surface area (Å²) in [5.41, 5.74) is 0.743. The molecule has 0 bridgehead atoms. The SMILES string of the molecule is Cc1cc(F)ccc1OCc1ccc(/C=C/C(=O)O)s1. The Hall–Kier alpha value is -2.14. The van der Waals surface area contributed by atoms with E-state index in [9.17, 15) is 9.18 Å². The van der Waals surface area contributed by atoms with Crippen molar-refractivity contribution in [1.82, 2.24) is 0 Å². The van der Waals surface area contributed by atoms with Crippen molar-refractivity contribution in [3.8, 4) is 5.75 Å². The minimum atomic E-state index is -0.974. The molecule has 1 aromatic heterocycles. The number of carbonyl (C=O) groups is 1. The van der Waals surface area contributed by atoms with Crippen LogP contribution in [-0.4, -0.2) is 11.1 Å². The normalized spacial score (nSPS) is 10.9. The monoisotopic (exact) mass is 292 g/mol. The van der Waals surface area contributed by atoms with E-state index in [1.165, 1.54) is 23.5 Å². The van der Waals surface area contributed by atoms with E-state index in [1.807, 2.05) is 12.1 Å². The number of benzene rings is 1. The fraction of sp³-hybridized carbons (Fsp3) is 0.133. The topological polar surface area (TPSA) is 46.5 Å². The first-order valence-corrected chi connectivity index (χ1v) is 6.75. The van der Waals surface area contributed by atoms with E-state index in [4.69, 9.17) is 9.84 Å². The van der Waals surface area contributed by atoms with Crippen LogP contribution in [0.3, 0.4) is 0 Å². The summed E-state index contributed by atoms with van der Waals surface area (Å²) in [4.78, 5) is 12.2. The van der Waals surface area contributed by atoms with Gasteiger partial charge >= 0.3 is 5.97 Å². The molecular weight excluding hydrogens is 279 g/mol. The van der Waals surface area contributed by atoms with Crippen molar-refractivity contribution < 1.29 is 19.0 Å². The Morgan fingerprint density at radius 3 is 2.90 bits per heavy atom. The van der Waals surface area contributed by atoms with Gasteiger partial charge in [0.2, 0.25) is 0 Å². The molecule has 3 nitrogen and oxygen atoms in total. The summed E-state index contributed by atoms with van der Waals surface area (Å²) in [6.07, 6.45) is 2.64. The number of carboxylic acid groups (broad SMARTS) is 1. The quantitative estimate of drug-likeness (QED) is 0.851. The molecule has 0 atom stereocenters. The van der Waals surface area contributed by atoms with Gasteiger partial charge in [-0.15, -0.1) is 11.3 Å². The lowest BCUT2D eigenvalue weighted by atomic mass is 10.2. The third-order valence-corrected chi connectivity index (χ3v) is 3.60. The number of rotatable bonds is 5. The molecule has 5 heteroatoms. The molecule has 0 amide bonds. The van der Waals surface area contributed by atoms with Crippen LogP contribution < -0.4 is 4.74 Å². The van der Waals surface area contributed by atoms with Gasteiger partial charge in [0.25, 0.3) is 0 Å². The maximum Gasteiger partial charge on any atom is 0.328 e. The highest BCUT2D eigenvalue weighted by atomic mass is 32.1. The van der Waals surface area contributed by atoms with Crippen LogP contribution in [0.4, 0.5) is 4.39 Å². The third-order valence-electron chi connectivity index (χ3n) is 2.58. The lowest BCUT2D eigenvalue weighted by molar-refractivity contribution is -0.131. The summed E-state index contributed by atoms with van der Waals surface area (Å²) in [5, 5.41) is 8.55. The number of hydrogen-bond donors (Lipinski definition) is 1. The standard InChI is InChI=1S/C15H13FO3S/c1-10-8-11(16)2-6-14(10)19-9-13-4-3-12(20-13)5-7-15(17)18/h2-8H,9H2,1H3,(H,17,18)/b7-5+. The molecular formula is C15H13FO3S. The molecule has 0 radical (unpaired) electrons. The van der Waals surface area contributed by atoms with Crippen LogP contribution in [0.2, 0.25) is 0 Å². The summed E-state index contributed by atoms with van der Waals surface area (Å²) in [5.74, 6) is -0.618. The van der Waals surface area contributed by atoms with E-state index in [1.54, 1.807) is 19.1 Å². The fourth-order valence-corrected chi connectivity index (χ4v) is 2.47. The van der Waals surface area contributed by atoms with Crippen LogP contribution in [-0.2, 0) is 11.4 Å². The molecule has 2 rings (SSSR count). The Morgan fingerprint density at radius 1 is 1.40 bits per heavy atom. The van der Waals surface area contributed by atoms with Gasteiger partial charge in [-0.25, -0.2) is 9.18 Å². The predicted molar refractivity (Wildman–Crippen MR) is 76.5 cm³/mol. The van der Waals surface area contributed by atoms with Crippen LogP contribution in [0.5, 0.6) is 5.75 Å².